The molecule has 0 aliphatic rings. The summed E-state index contributed by atoms with van der Waals surface area (Å²) in [4.78, 5) is 17.2. The molecule has 0 aromatic heterocycles. The van der Waals surface area contributed by atoms with Gasteiger partial charge in [0.2, 0.25) is 0 Å². The lowest BCUT2D eigenvalue weighted by Crippen LogP contribution is -2.26. The molecule has 0 radical (unpaired) electrons. The molecule has 26 heavy (non-hydrogen) atoms. The molecule has 0 aliphatic carbocycles. The van der Waals surface area contributed by atoms with Crippen LogP contribution < -0.4 is 10.8 Å². The standard InChI is InChI=1S/C17H16BrF2IN2O3/c1-9-7-10(21)3-4-13(9)22-16-11(8-12(18)14(19)15(16)20)17(25)23-26-6-2-5-24/h3-4,7-8,22,24H,2,5-6H2,1H3,(H,23,25). The first-order chi connectivity index (χ1) is 12.3. The van der Waals surface area contributed by atoms with Crippen LogP contribution >= 0.6 is 38.5 Å². The zero-order chi connectivity index (χ0) is 19.3. The number of amides is 1. The molecule has 2 aromatic rings. The van der Waals surface area contributed by atoms with Gasteiger partial charge in [-0.25, -0.2) is 14.3 Å². The molecule has 140 valence electrons. The van der Waals surface area contributed by atoms with Crippen molar-refractivity contribution in [2.45, 2.75) is 13.3 Å². The van der Waals surface area contributed by atoms with E-state index >= 15 is 0 Å². The number of hydrogen-bond donors (Lipinski definition) is 3. The normalized spacial score (nSPS) is 10.7. The number of benzene rings is 2. The third kappa shape index (κ3) is 5.12. The summed E-state index contributed by atoms with van der Waals surface area (Å²) in [6.07, 6.45) is 0.328. The van der Waals surface area contributed by atoms with E-state index in [1.54, 1.807) is 12.1 Å². The SMILES string of the molecule is Cc1cc(I)ccc1Nc1c(C(=O)NOCCCO)cc(Br)c(F)c1F. The Hall–Kier alpha value is -1.30. The van der Waals surface area contributed by atoms with Crippen LogP contribution in [-0.2, 0) is 4.84 Å². The Balaban J connectivity index is 2.36. The number of rotatable bonds is 7. The Morgan fingerprint density at radius 1 is 1.31 bits per heavy atom. The molecule has 0 unspecified atom stereocenters. The van der Waals surface area contributed by atoms with E-state index in [1.165, 1.54) is 6.07 Å². The van der Waals surface area contributed by atoms with Crippen LogP contribution in [0, 0.1) is 22.1 Å². The van der Waals surface area contributed by atoms with Gasteiger partial charge in [-0.05, 0) is 81.7 Å². The second-order valence-electron chi connectivity index (χ2n) is 5.35. The van der Waals surface area contributed by atoms with Gasteiger partial charge in [0.25, 0.3) is 5.91 Å². The molecule has 0 bridgehead atoms. The zero-order valence-corrected chi connectivity index (χ0v) is 17.4. The quantitative estimate of drug-likeness (QED) is 0.210. The molecule has 2 rings (SSSR count). The van der Waals surface area contributed by atoms with Crippen LogP contribution in [0.25, 0.3) is 0 Å². The molecule has 0 heterocycles. The highest BCUT2D eigenvalue weighted by Crippen LogP contribution is 2.32. The maximum atomic E-state index is 14.5. The van der Waals surface area contributed by atoms with Crippen LogP contribution in [0.2, 0.25) is 0 Å². The summed E-state index contributed by atoms with van der Waals surface area (Å²) in [5.74, 6) is -3.03. The minimum atomic E-state index is -1.18. The van der Waals surface area contributed by atoms with E-state index in [4.69, 9.17) is 9.94 Å². The number of carbonyl (C=O) groups excluding carboxylic acids is 1. The molecule has 3 N–H and O–H groups in total. The van der Waals surface area contributed by atoms with Gasteiger partial charge in [-0.15, -0.1) is 0 Å². The fraction of sp³-hybridized carbons (Fsp3) is 0.235. The van der Waals surface area contributed by atoms with Gasteiger partial charge in [0.05, 0.1) is 22.3 Å². The third-order valence-electron chi connectivity index (χ3n) is 3.42. The molecular weight excluding hydrogens is 525 g/mol. The number of nitrogens with one attached hydrogen (secondary N) is 2. The predicted molar refractivity (Wildman–Crippen MR) is 106 cm³/mol. The van der Waals surface area contributed by atoms with E-state index in [9.17, 15) is 13.6 Å². The molecule has 9 heteroatoms. The van der Waals surface area contributed by atoms with Crippen LogP contribution in [0.1, 0.15) is 22.3 Å². The summed E-state index contributed by atoms with van der Waals surface area (Å²) in [6.45, 7) is 1.81. The molecule has 0 atom stereocenters. The summed E-state index contributed by atoms with van der Waals surface area (Å²) in [5, 5.41) is 11.5. The fourth-order valence-corrected chi connectivity index (χ4v) is 3.16. The van der Waals surface area contributed by atoms with Gasteiger partial charge in [-0.3, -0.25) is 9.63 Å². The summed E-state index contributed by atoms with van der Waals surface area (Å²) in [6, 6.07) is 6.57. The number of hydrogen-bond acceptors (Lipinski definition) is 4. The van der Waals surface area contributed by atoms with Gasteiger partial charge in [0.1, 0.15) is 0 Å². The van der Waals surface area contributed by atoms with Crippen molar-refractivity contribution < 1.29 is 23.5 Å². The maximum absolute atomic E-state index is 14.5. The lowest BCUT2D eigenvalue weighted by molar-refractivity contribution is 0.0262. The predicted octanol–water partition coefficient (Wildman–Crippen LogP) is 4.43. The lowest BCUT2D eigenvalue weighted by Gasteiger charge is -2.16. The number of carbonyl (C=O) groups is 1. The molecule has 5 nitrogen and oxygen atoms in total. The minimum absolute atomic E-state index is 0.0894. The van der Waals surface area contributed by atoms with Crippen molar-refractivity contribution >= 4 is 55.8 Å². The van der Waals surface area contributed by atoms with Gasteiger partial charge >= 0.3 is 0 Å². The molecule has 1 amide bonds. The number of hydroxylamine groups is 1. The first-order valence-corrected chi connectivity index (χ1v) is 9.46. The van der Waals surface area contributed by atoms with Gasteiger partial charge < -0.3 is 10.4 Å². The van der Waals surface area contributed by atoms with E-state index in [-0.39, 0.29) is 28.9 Å². The zero-order valence-electron chi connectivity index (χ0n) is 13.7. The summed E-state index contributed by atoms with van der Waals surface area (Å²) < 4.78 is 29.3. The van der Waals surface area contributed by atoms with Crippen molar-refractivity contribution in [2.75, 3.05) is 18.5 Å². The van der Waals surface area contributed by atoms with Crippen LogP contribution in [0.4, 0.5) is 20.2 Å². The average Bonchev–Trinajstić information content (AvgIpc) is 2.60. The molecule has 0 aliphatic heterocycles. The number of aryl methyl sites for hydroxylation is 1. The first kappa shape index (κ1) is 21.0. The van der Waals surface area contributed by atoms with Crippen LogP contribution in [0.15, 0.2) is 28.7 Å². The molecule has 0 fully saturated rings. The van der Waals surface area contributed by atoms with Gasteiger partial charge in [-0.2, -0.15) is 0 Å². The highest BCUT2D eigenvalue weighted by Gasteiger charge is 2.22. The van der Waals surface area contributed by atoms with E-state index in [0.29, 0.717) is 12.1 Å². The maximum Gasteiger partial charge on any atom is 0.277 e. The Kier molecular flexibility index (Phi) is 7.74. The number of aliphatic hydroxyl groups is 1. The lowest BCUT2D eigenvalue weighted by atomic mass is 10.1. The highest BCUT2D eigenvalue weighted by atomic mass is 127. The van der Waals surface area contributed by atoms with E-state index in [0.717, 1.165) is 9.13 Å². The summed E-state index contributed by atoms with van der Waals surface area (Å²) in [7, 11) is 0. The smallest absolute Gasteiger partial charge is 0.277 e. The Morgan fingerprint density at radius 2 is 2.04 bits per heavy atom. The average molecular weight is 541 g/mol. The van der Waals surface area contributed by atoms with E-state index < -0.39 is 17.5 Å². The Bertz CT molecular complexity index is 821. The van der Waals surface area contributed by atoms with Crippen molar-refractivity contribution in [2.24, 2.45) is 0 Å². The van der Waals surface area contributed by atoms with E-state index in [1.807, 2.05) is 13.0 Å². The number of anilines is 2. The van der Waals surface area contributed by atoms with E-state index in [2.05, 4.69) is 49.3 Å². The molecule has 2 aromatic carbocycles. The van der Waals surface area contributed by atoms with Gasteiger partial charge in [-0.1, -0.05) is 0 Å². The number of aliphatic hydroxyl groups excluding tert-OH is 1. The van der Waals surface area contributed by atoms with Crippen molar-refractivity contribution in [3.05, 3.63) is 55.1 Å². The Morgan fingerprint density at radius 3 is 2.69 bits per heavy atom. The fourth-order valence-electron chi connectivity index (χ4n) is 2.11. The van der Waals surface area contributed by atoms with Crippen molar-refractivity contribution in [3.8, 4) is 0 Å². The van der Waals surface area contributed by atoms with Crippen molar-refractivity contribution in [1.29, 1.82) is 0 Å². The molecule has 0 spiro atoms. The second kappa shape index (κ2) is 9.58. The largest absolute Gasteiger partial charge is 0.396 e. The topological polar surface area (TPSA) is 70.6 Å². The first-order valence-electron chi connectivity index (χ1n) is 7.58. The van der Waals surface area contributed by atoms with Gasteiger partial charge in [0, 0.05) is 15.9 Å². The summed E-state index contributed by atoms with van der Waals surface area (Å²) in [5.41, 5.74) is 3.09. The molecular formula is C17H16BrF2IN2O3. The Labute approximate surface area is 171 Å². The van der Waals surface area contributed by atoms with Gasteiger partial charge in [0.15, 0.2) is 11.6 Å². The van der Waals surface area contributed by atoms with Crippen LogP contribution in [0.3, 0.4) is 0 Å². The minimum Gasteiger partial charge on any atom is -0.396 e. The summed E-state index contributed by atoms with van der Waals surface area (Å²) >= 11 is 5.05. The third-order valence-corrected chi connectivity index (χ3v) is 4.67. The highest BCUT2D eigenvalue weighted by molar-refractivity contribution is 14.1. The van der Waals surface area contributed by atoms with Crippen molar-refractivity contribution in [1.82, 2.24) is 5.48 Å². The molecule has 0 saturated carbocycles. The van der Waals surface area contributed by atoms with Crippen LogP contribution in [0.5, 0.6) is 0 Å². The molecule has 0 saturated heterocycles. The monoisotopic (exact) mass is 540 g/mol. The van der Waals surface area contributed by atoms with Crippen LogP contribution in [-0.4, -0.2) is 24.2 Å². The second-order valence-corrected chi connectivity index (χ2v) is 7.45. The van der Waals surface area contributed by atoms with Crippen molar-refractivity contribution in [3.63, 3.8) is 0 Å². The number of halogens is 4.